The van der Waals surface area contributed by atoms with Gasteiger partial charge in [-0.05, 0) is 245 Å². The van der Waals surface area contributed by atoms with Crippen LogP contribution >= 0.6 is 11.3 Å². The Kier molecular flexibility index (Phi) is 22.7. The van der Waals surface area contributed by atoms with E-state index in [1.54, 1.807) is 0 Å². The van der Waals surface area contributed by atoms with Crippen molar-refractivity contribution in [2.24, 2.45) is 0 Å². The second-order valence-electron chi connectivity index (χ2n) is 35.6. The van der Waals surface area contributed by atoms with Crippen molar-refractivity contribution in [3.05, 3.63) is 514 Å². The fourth-order valence-electron chi connectivity index (χ4n) is 19.8. The number of hydrogen-bond donors (Lipinski definition) is 5. The molecule has 660 valence electrons. The van der Waals surface area contributed by atoms with E-state index < -0.39 is 0 Å². The molecule has 10 heteroatoms. The molecule has 0 saturated heterocycles. The average Bonchev–Trinajstić information content (AvgIpc) is 1.56. The van der Waals surface area contributed by atoms with Crippen LogP contribution < -0.4 is 26.6 Å². The molecule has 26 aromatic rings. The van der Waals surface area contributed by atoms with Crippen LogP contribution in [0.3, 0.4) is 0 Å². The first kappa shape index (κ1) is 84.6. The van der Waals surface area contributed by atoms with Crippen LogP contribution in [0.4, 0.5) is 56.9 Å². The molecule has 0 bridgehead atoms. The van der Waals surface area contributed by atoms with Gasteiger partial charge in [0.2, 0.25) is 0 Å². The third-order valence-electron chi connectivity index (χ3n) is 26.5. The summed E-state index contributed by atoms with van der Waals surface area (Å²) in [6.45, 7) is 6.79. The smallest absolute Gasteiger partial charge is 0.137 e. The Labute approximate surface area is 805 Å². The van der Waals surface area contributed by atoms with Crippen molar-refractivity contribution in [2.45, 2.75) is 26.2 Å². The molecule has 21 aromatic carbocycles. The van der Waals surface area contributed by atoms with Crippen LogP contribution in [-0.4, -0.2) is 13.7 Å². The Balaban J connectivity index is 0.0000000977. The van der Waals surface area contributed by atoms with Gasteiger partial charge in [-0.25, -0.2) is 0 Å². The number of thiophene rings is 1. The molecule has 5 heterocycles. The monoisotopic (exact) mass is 1790 g/mol. The second kappa shape index (κ2) is 37.0. The van der Waals surface area contributed by atoms with E-state index in [4.69, 9.17) is 4.42 Å². The molecule has 1 aliphatic carbocycles. The summed E-state index contributed by atoms with van der Waals surface area (Å²) in [7, 11) is 0. The lowest BCUT2D eigenvalue weighted by atomic mass is 9.82. The average molecular weight is 1790 g/mol. The first-order valence-corrected chi connectivity index (χ1v) is 47.8. The molecule has 0 amide bonds. The highest BCUT2D eigenvalue weighted by Crippen LogP contribution is 2.51. The van der Waals surface area contributed by atoms with E-state index in [1.807, 2.05) is 65.9 Å². The lowest BCUT2D eigenvalue weighted by molar-refractivity contribution is 0.660. The predicted octanol–water partition coefficient (Wildman–Crippen LogP) is 36.1. The summed E-state index contributed by atoms with van der Waals surface area (Å²) in [4.78, 5) is 0. The largest absolute Gasteiger partial charge is 0.456 e. The van der Waals surface area contributed by atoms with Gasteiger partial charge in [0.25, 0.3) is 0 Å². The zero-order chi connectivity index (χ0) is 92.4. The number of fused-ring (bicyclic) bond motifs is 19. The van der Waals surface area contributed by atoms with Gasteiger partial charge < -0.3 is 44.7 Å². The van der Waals surface area contributed by atoms with Gasteiger partial charge in [0.1, 0.15) is 11.2 Å². The second-order valence-corrected chi connectivity index (χ2v) is 36.7. The molecule has 0 radical (unpaired) electrons. The number of hydrogen-bond acceptors (Lipinski definition) is 7. The molecule has 0 fully saturated rings. The third-order valence-corrected chi connectivity index (χ3v) is 27.6. The number of aryl methyl sites for hydroxylation is 1. The quantitative estimate of drug-likeness (QED) is 0.0746. The minimum atomic E-state index is -0.0271. The van der Waals surface area contributed by atoms with E-state index in [-0.39, 0.29) is 5.41 Å². The molecule has 5 aromatic heterocycles. The molecule has 9 nitrogen and oxygen atoms in total. The first-order valence-electron chi connectivity index (χ1n) is 47.0. The highest BCUT2D eigenvalue weighted by atomic mass is 32.1. The van der Waals surface area contributed by atoms with Crippen molar-refractivity contribution in [3.63, 3.8) is 0 Å². The fourth-order valence-corrected chi connectivity index (χ4v) is 20.9. The van der Waals surface area contributed by atoms with Crippen molar-refractivity contribution in [2.75, 3.05) is 26.6 Å². The summed E-state index contributed by atoms with van der Waals surface area (Å²) in [6.07, 6.45) is 2.15. The van der Waals surface area contributed by atoms with Gasteiger partial charge in [-0.15, -0.1) is 11.3 Å². The van der Waals surface area contributed by atoms with Crippen molar-refractivity contribution in [3.8, 4) is 39.3 Å². The zero-order valence-corrected chi connectivity index (χ0v) is 77.3. The van der Waals surface area contributed by atoms with Gasteiger partial charge >= 0.3 is 0 Å². The number of furan rings is 1. The molecular formula is C128H96N8OS. The van der Waals surface area contributed by atoms with Gasteiger partial charge in [-0.2, -0.15) is 0 Å². The summed E-state index contributed by atoms with van der Waals surface area (Å²) in [5, 5.41) is 34.0. The van der Waals surface area contributed by atoms with Gasteiger partial charge in [-0.1, -0.05) is 317 Å². The van der Waals surface area contributed by atoms with Crippen molar-refractivity contribution in [1.82, 2.24) is 13.7 Å². The zero-order valence-electron chi connectivity index (χ0n) is 76.5. The van der Waals surface area contributed by atoms with Crippen LogP contribution in [0.1, 0.15) is 30.5 Å². The standard InChI is InChI=1S/C33H26N2.C30H22N2.C24H18N2.C22H15NO.C19H15NS/c1-33(2)29-14-8-6-12-25(29)26-19-17-24(21-30(26)33)35-31-15-9-7-13-27(31)28-18-16-23(20-32(28)35)34-22-10-4-3-5-11-22;1-3-10-22(11-4-1)23-18-20-24(21-19-23)31-27-15-9-17-29-30(27)26-14-7-8-16-28(26)32(29)25-12-5-2-6-13-25;1-3-8-18(9-4-1)25-23-13-7-12-20-21(23)14-15-24-22(20)16-17-26(24)19-10-5-2-6-11-19;1-2-6-16-13-17(10-9-15(16)5-1)23-18-11-12-20-19-7-3-4-8-21(19)24-22(20)14-18;1-13-6-8-14(9-7-13)20-15-10-11-17-16-4-2-3-5-18(16)21-19(17)12-15/h3-21,34H,1-2H3;1-21,31H;1-17,25H;1-14,23H;2-12,20H,1H3. The molecule has 27 rings (SSSR count). The number of aromatic nitrogens is 3. The number of anilines is 10. The van der Waals surface area contributed by atoms with Gasteiger partial charge in [0.05, 0.1) is 27.6 Å². The van der Waals surface area contributed by atoms with Crippen molar-refractivity contribution >= 4 is 186 Å². The van der Waals surface area contributed by atoms with E-state index in [0.717, 1.165) is 78.8 Å². The number of para-hydroxylation sites is 7. The molecule has 138 heavy (non-hydrogen) atoms. The van der Waals surface area contributed by atoms with Crippen LogP contribution in [0.15, 0.2) is 502 Å². The van der Waals surface area contributed by atoms with E-state index in [0.29, 0.717) is 0 Å². The molecule has 0 unspecified atom stereocenters. The Morgan fingerprint density at radius 3 is 1.47 bits per heavy atom. The fraction of sp³-hybridized carbons (Fsp3) is 0.0312. The number of nitrogens with one attached hydrogen (secondary N) is 5. The normalized spacial score (nSPS) is 11.8. The minimum absolute atomic E-state index is 0.0271. The molecule has 0 spiro atoms. The Hall–Kier alpha value is -17.7. The van der Waals surface area contributed by atoms with Crippen LogP contribution in [0.25, 0.3) is 157 Å². The lowest BCUT2D eigenvalue weighted by Gasteiger charge is -2.22. The molecular weight excluding hydrogens is 1700 g/mol. The number of rotatable bonds is 14. The van der Waals surface area contributed by atoms with Crippen molar-refractivity contribution < 1.29 is 4.42 Å². The summed E-state index contributed by atoms with van der Waals surface area (Å²) < 4.78 is 15.6. The van der Waals surface area contributed by atoms with Crippen LogP contribution in [0.5, 0.6) is 0 Å². The highest BCUT2D eigenvalue weighted by Gasteiger charge is 2.36. The van der Waals surface area contributed by atoms with Gasteiger partial charge in [0, 0.05) is 155 Å². The van der Waals surface area contributed by atoms with Crippen LogP contribution in [0.2, 0.25) is 0 Å². The SMILES string of the molecule is CC1(C)c2ccccc2-c2ccc(-n3c4ccccc4c4ccc(Nc5ccccc5)cc43)cc21.Cc1ccc(Nc2ccc3c(c2)sc2ccccc23)cc1.c1ccc(-c2ccc(Nc3cccc4c3c3ccccc3n4-c3ccccc3)cc2)cc1.c1ccc(Nc2cccc3c2ccc2c3ccn2-c2ccccc2)cc1.c1ccc2cc(Nc3ccc4c(c3)oc3ccccc34)ccc2c1. The molecule has 0 aliphatic heterocycles. The van der Waals surface area contributed by atoms with E-state index in [9.17, 15) is 0 Å². The summed E-state index contributed by atoms with van der Waals surface area (Å²) in [5.74, 6) is 0. The summed E-state index contributed by atoms with van der Waals surface area (Å²) in [5.41, 5.74) is 31.6. The molecule has 5 N–H and O–H groups in total. The van der Waals surface area contributed by atoms with Crippen LogP contribution in [-0.2, 0) is 5.41 Å². The number of nitrogens with zero attached hydrogens (tertiary/aromatic N) is 3. The Morgan fingerprint density at radius 1 is 0.239 bits per heavy atom. The Bertz CT molecular complexity index is 8950. The molecule has 0 saturated carbocycles. The highest BCUT2D eigenvalue weighted by molar-refractivity contribution is 7.25. The Morgan fingerprint density at radius 2 is 0.710 bits per heavy atom. The van der Waals surface area contributed by atoms with E-state index in [2.05, 4.69) is 504 Å². The first-order chi connectivity index (χ1) is 68.0. The third kappa shape index (κ3) is 16.8. The molecule has 0 atom stereocenters. The maximum absolute atomic E-state index is 5.96. The van der Waals surface area contributed by atoms with E-state index in [1.165, 1.54) is 152 Å². The maximum Gasteiger partial charge on any atom is 0.137 e. The van der Waals surface area contributed by atoms with E-state index >= 15 is 0 Å². The molecule has 1 aliphatic rings. The van der Waals surface area contributed by atoms with Crippen molar-refractivity contribution in [1.29, 1.82) is 0 Å². The minimum Gasteiger partial charge on any atom is -0.456 e. The van der Waals surface area contributed by atoms with Gasteiger partial charge in [-0.3, -0.25) is 0 Å². The number of benzene rings is 21. The van der Waals surface area contributed by atoms with Crippen LogP contribution in [0, 0.1) is 6.92 Å². The topological polar surface area (TPSA) is 88.1 Å². The summed E-state index contributed by atoms with van der Waals surface area (Å²) >= 11 is 1.85. The van der Waals surface area contributed by atoms with Gasteiger partial charge in [0.15, 0.2) is 0 Å². The summed E-state index contributed by atoms with van der Waals surface area (Å²) in [6, 6.07) is 173. The maximum atomic E-state index is 5.96. The lowest BCUT2D eigenvalue weighted by Crippen LogP contribution is -2.15. The predicted molar refractivity (Wildman–Crippen MR) is 589 cm³/mol.